The Bertz CT molecular complexity index is 4130. The van der Waals surface area contributed by atoms with Gasteiger partial charge in [0.15, 0.2) is 25.0 Å². The standard InChI is InChI=1S/C81H78N2O20/c1-4-42-92-72-69-64(49-95-78(101-69)55-32-18-9-19-33-55)100-81(73(72)96-50(2)84)103-68-63(48-91-44-52-26-12-6-13-27-52)99-80(66(71(68)94-46-54-30-16-8-17-31-54)83-76(87)60-36-22-23-37-61(60)77(83)88)102-67-62(47-90-43-51-24-10-5-11-25-51)98-79(97-57-40-38-56(89-3)39-41-57)65(70(67)93-45-53-28-14-7-15-29-53)82-74(85)58-34-20-21-35-59(58)75(82)86/h4-41,62-73,78-81H,1,42-49H2,2-3H3/t62-,63-,64-,65-,66-,67-,68-,69-,70-,71-,72+,73+,78?,79-,80+,81+/m1/s1. The van der Waals surface area contributed by atoms with Crippen LogP contribution in [0.2, 0.25) is 0 Å². The predicted molar refractivity (Wildman–Crippen MR) is 369 cm³/mol. The summed E-state index contributed by atoms with van der Waals surface area (Å²) in [6.07, 6.45) is -17.1. The van der Waals surface area contributed by atoms with Crippen molar-refractivity contribution in [1.82, 2.24) is 9.80 Å². The zero-order valence-corrected chi connectivity index (χ0v) is 56.6. The Balaban J connectivity index is 0.930. The molecule has 0 aliphatic carbocycles. The Labute approximate surface area is 595 Å². The second-order valence-electron chi connectivity index (χ2n) is 25.5. The summed E-state index contributed by atoms with van der Waals surface area (Å²) in [5.41, 5.74) is 4.11. The van der Waals surface area contributed by atoms with Gasteiger partial charge < -0.3 is 71.1 Å². The van der Waals surface area contributed by atoms with Crippen molar-refractivity contribution >= 4 is 29.6 Å². The number of ether oxygens (including phenoxy) is 15. The lowest BCUT2D eigenvalue weighted by atomic mass is 9.92. The molecule has 22 nitrogen and oxygen atoms in total. The van der Waals surface area contributed by atoms with Crippen LogP contribution in [0.1, 0.15) is 82.5 Å². The predicted octanol–water partition coefficient (Wildman–Crippen LogP) is 10.6. The molecule has 0 saturated carbocycles. The fourth-order valence-corrected chi connectivity index (χ4v) is 14.0. The van der Waals surface area contributed by atoms with E-state index in [0.717, 1.165) is 26.5 Å². The first-order chi connectivity index (χ1) is 50.5. The molecule has 0 radical (unpaired) electrons. The highest BCUT2D eigenvalue weighted by Gasteiger charge is 2.62. The van der Waals surface area contributed by atoms with Crippen molar-refractivity contribution in [2.45, 2.75) is 132 Å². The molecule has 1 unspecified atom stereocenters. The fraction of sp³-hybridized carbons (Fsp3) is 0.321. The lowest BCUT2D eigenvalue weighted by Gasteiger charge is -2.53. The Hall–Kier alpha value is -9.63. The number of amides is 4. The van der Waals surface area contributed by atoms with Gasteiger partial charge in [-0.15, -0.1) is 6.58 Å². The van der Waals surface area contributed by atoms with Crippen molar-refractivity contribution in [2.24, 2.45) is 0 Å². The molecule has 0 N–H and O–H groups in total. The molecule has 8 aromatic carbocycles. The van der Waals surface area contributed by atoms with Crippen LogP contribution in [-0.2, 0) is 92.8 Å². The number of methoxy groups -OCH3 is 1. The Morgan fingerprint density at radius 3 is 1.33 bits per heavy atom. The summed E-state index contributed by atoms with van der Waals surface area (Å²) in [4.78, 5) is 78.0. The molecule has 4 saturated heterocycles. The van der Waals surface area contributed by atoms with Crippen molar-refractivity contribution < 1.29 is 95.0 Å². The van der Waals surface area contributed by atoms with E-state index < -0.39 is 128 Å². The molecule has 16 atom stereocenters. The third-order valence-electron chi connectivity index (χ3n) is 18.8. The summed E-state index contributed by atoms with van der Waals surface area (Å²) >= 11 is 0. The summed E-state index contributed by atoms with van der Waals surface area (Å²) in [6.45, 7) is 4.39. The second-order valence-corrected chi connectivity index (χ2v) is 25.5. The van der Waals surface area contributed by atoms with Gasteiger partial charge in [-0.1, -0.05) is 182 Å². The molecule has 103 heavy (non-hydrogen) atoms. The van der Waals surface area contributed by atoms with Gasteiger partial charge in [0.05, 0.1) is 82.2 Å². The highest BCUT2D eigenvalue weighted by Crippen LogP contribution is 2.44. The molecule has 4 amide bonds. The maximum absolute atomic E-state index is 15.8. The molecule has 6 aliphatic heterocycles. The quantitative estimate of drug-likeness (QED) is 0.0252. The van der Waals surface area contributed by atoms with Gasteiger partial charge in [0, 0.05) is 12.5 Å². The van der Waals surface area contributed by atoms with Crippen LogP contribution >= 0.6 is 0 Å². The lowest BCUT2D eigenvalue weighted by Crippen LogP contribution is -2.72. The lowest BCUT2D eigenvalue weighted by molar-refractivity contribution is -0.391. The number of benzene rings is 8. The monoisotopic (exact) mass is 1400 g/mol. The molecule has 8 aromatic rings. The molecule has 6 heterocycles. The summed E-state index contributed by atoms with van der Waals surface area (Å²) in [5.74, 6) is -2.73. The average molecular weight is 1400 g/mol. The van der Waals surface area contributed by atoms with Crippen LogP contribution in [0.5, 0.6) is 11.5 Å². The zero-order chi connectivity index (χ0) is 70.8. The molecule has 532 valence electrons. The van der Waals surface area contributed by atoms with E-state index in [1.165, 1.54) is 14.0 Å². The van der Waals surface area contributed by atoms with Crippen LogP contribution in [0.15, 0.2) is 237 Å². The minimum absolute atomic E-state index is 0.0216. The Kier molecular flexibility index (Phi) is 22.4. The van der Waals surface area contributed by atoms with Crippen LogP contribution in [0, 0.1) is 0 Å². The summed E-state index contributed by atoms with van der Waals surface area (Å²) in [5, 5.41) is 0. The van der Waals surface area contributed by atoms with Gasteiger partial charge in [-0.05, 0) is 70.8 Å². The van der Waals surface area contributed by atoms with E-state index in [1.54, 1.807) is 78.9 Å². The average Bonchev–Trinajstić information content (AvgIpc) is 1.69. The van der Waals surface area contributed by atoms with Crippen molar-refractivity contribution in [3.8, 4) is 11.5 Å². The third-order valence-corrected chi connectivity index (χ3v) is 18.8. The Morgan fingerprint density at radius 1 is 0.456 bits per heavy atom. The molecule has 0 spiro atoms. The second kappa shape index (κ2) is 32.8. The van der Waals surface area contributed by atoms with Gasteiger partial charge in [0.2, 0.25) is 6.29 Å². The highest BCUT2D eigenvalue weighted by atomic mass is 16.8. The third kappa shape index (κ3) is 15.7. The number of nitrogens with zero attached hydrogens (tertiary/aromatic N) is 2. The van der Waals surface area contributed by atoms with E-state index in [-0.39, 0.29) is 80.9 Å². The van der Waals surface area contributed by atoms with E-state index >= 15 is 19.2 Å². The SMILES string of the molecule is C=CCO[C@@H]1[C@H](OC(C)=O)[C@H](O[C@H]2[C@H](OCc3ccccc3)[C@@H](N3C(=O)c4ccccc4C3=O)[C@H](O[C@H]3[C@H](OCc4ccccc4)[C@@H](N4C(=O)c5ccccc5C4=O)[C@H](Oc4ccc(OC)cc4)O[C@@H]3COCc3ccccc3)O[C@@H]2COCc2ccccc2)O[C@@H]2COC(c3ccccc3)O[C@@H]12. The molecular weight excluding hydrogens is 1320 g/mol. The molecule has 14 rings (SSSR count). The minimum atomic E-state index is -1.80. The first kappa shape index (κ1) is 70.4. The molecule has 0 bridgehead atoms. The topological polar surface area (TPSA) is 230 Å². The summed E-state index contributed by atoms with van der Waals surface area (Å²) in [7, 11) is 1.53. The van der Waals surface area contributed by atoms with E-state index in [4.69, 9.17) is 71.1 Å². The number of hydrogen-bond acceptors (Lipinski definition) is 20. The number of esters is 1. The normalized spacial score (nSPS) is 27.4. The number of imide groups is 2. The first-order valence-corrected chi connectivity index (χ1v) is 34.3. The van der Waals surface area contributed by atoms with Crippen molar-refractivity contribution in [2.75, 3.05) is 33.5 Å². The van der Waals surface area contributed by atoms with Gasteiger partial charge in [0.1, 0.15) is 78.5 Å². The van der Waals surface area contributed by atoms with Gasteiger partial charge >= 0.3 is 5.97 Å². The maximum Gasteiger partial charge on any atom is 0.303 e. The zero-order valence-electron chi connectivity index (χ0n) is 56.6. The van der Waals surface area contributed by atoms with E-state index in [9.17, 15) is 4.79 Å². The number of carbonyl (C=O) groups is 5. The highest BCUT2D eigenvalue weighted by molar-refractivity contribution is 6.22. The first-order valence-electron chi connectivity index (χ1n) is 34.3. The van der Waals surface area contributed by atoms with Crippen LogP contribution < -0.4 is 9.47 Å². The van der Waals surface area contributed by atoms with Gasteiger partial charge in [-0.3, -0.25) is 33.8 Å². The van der Waals surface area contributed by atoms with E-state index in [0.29, 0.717) is 16.9 Å². The van der Waals surface area contributed by atoms with Gasteiger partial charge in [0.25, 0.3) is 23.6 Å². The van der Waals surface area contributed by atoms with Crippen molar-refractivity contribution in [3.63, 3.8) is 0 Å². The number of carbonyl (C=O) groups excluding carboxylic acids is 5. The van der Waals surface area contributed by atoms with Crippen molar-refractivity contribution in [3.05, 3.63) is 287 Å². The molecular formula is C81H78N2O20. The molecule has 22 heteroatoms. The number of hydrogen-bond donors (Lipinski definition) is 0. The van der Waals surface area contributed by atoms with Crippen LogP contribution in [-0.4, -0.2) is 165 Å². The summed E-state index contributed by atoms with van der Waals surface area (Å²) < 4.78 is 103. The number of rotatable bonds is 28. The fourth-order valence-electron chi connectivity index (χ4n) is 14.0. The molecule has 6 aliphatic rings. The Morgan fingerprint density at radius 2 is 0.874 bits per heavy atom. The molecule has 4 fully saturated rings. The van der Waals surface area contributed by atoms with E-state index in [1.807, 2.05) is 152 Å². The van der Waals surface area contributed by atoms with Crippen molar-refractivity contribution in [1.29, 1.82) is 0 Å². The van der Waals surface area contributed by atoms with E-state index in [2.05, 4.69) is 6.58 Å². The van der Waals surface area contributed by atoms with Gasteiger partial charge in [-0.2, -0.15) is 0 Å². The largest absolute Gasteiger partial charge is 0.497 e. The van der Waals surface area contributed by atoms with Crippen LogP contribution in [0.25, 0.3) is 0 Å². The summed E-state index contributed by atoms with van der Waals surface area (Å²) in [6, 6.07) is 63.2. The smallest absolute Gasteiger partial charge is 0.303 e. The van der Waals surface area contributed by atoms with Crippen LogP contribution in [0.3, 0.4) is 0 Å². The number of fused-ring (bicyclic) bond motifs is 3. The minimum Gasteiger partial charge on any atom is -0.497 e. The molecule has 0 aromatic heterocycles. The van der Waals surface area contributed by atoms with Gasteiger partial charge in [-0.25, -0.2) is 0 Å². The van der Waals surface area contributed by atoms with Crippen LogP contribution in [0.4, 0.5) is 0 Å². The maximum atomic E-state index is 15.8.